The van der Waals surface area contributed by atoms with Crippen LogP contribution in [-0.2, 0) is 0 Å². The van der Waals surface area contributed by atoms with Crippen molar-refractivity contribution in [1.82, 2.24) is 4.98 Å². The lowest BCUT2D eigenvalue weighted by Crippen LogP contribution is -1.98. The first-order valence-electron chi connectivity index (χ1n) is 3.27. The average molecular weight is 141 g/mol. The molecule has 1 aromatic heterocycles. The van der Waals surface area contributed by atoms with Gasteiger partial charge in [0.05, 0.1) is 12.3 Å². The molecule has 1 N–H and O–H groups in total. The van der Waals surface area contributed by atoms with Gasteiger partial charge in [0.15, 0.2) is 5.89 Å². The molecule has 0 bridgehead atoms. The van der Waals surface area contributed by atoms with Crippen molar-refractivity contribution in [2.45, 2.75) is 19.8 Å². The first-order valence-corrected chi connectivity index (χ1v) is 3.27. The molecular formula is C7H11NO2. The van der Waals surface area contributed by atoms with E-state index in [0.717, 1.165) is 5.69 Å². The molecule has 0 amide bonds. The van der Waals surface area contributed by atoms with Crippen LogP contribution in [0.5, 0.6) is 0 Å². The second kappa shape index (κ2) is 2.84. The van der Waals surface area contributed by atoms with Gasteiger partial charge >= 0.3 is 0 Å². The Morgan fingerprint density at radius 2 is 2.50 bits per heavy atom. The van der Waals surface area contributed by atoms with Crippen LogP contribution < -0.4 is 0 Å². The van der Waals surface area contributed by atoms with Crippen molar-refractivity contribution in [2.75, 3.05) is 6.61 Å². The summed E-state index contributed by atoms with van der Waals surface area (Å²) in [6, 6.07) is 0. The Morgan fingerprint density at radius 3 is 2.90 bits per heavy atom. The summed E-state index contributed by atoms with van der Waals surface area (Å²) >= 11 is 0. The molecule has 0 spiro atoms. The molecule has 1 unspecified atom stereocenters. The lowest BCUT2D eigenvalue weighted by Gasteiger charge is -1.99. The van der Waals surface area contributed by atoms with Crippen LogP contribution in [0, 0.1) is 6.92 Å². The third kappa shape index (κ3) is 1.36. The van der Waals surface area contributed by atoms with Crippen molar-refractivity contribution in [3.05, 3.63) is 17.8 Å². The Bertz CT molecular complexity index is 207. The van der Waals surface area contributed by atoms with Gasteiger partial charge in [-0.25, -0.2) is 4.98 Å². The van der Waals surface area contributed by atoms with Crippen LogP contribution in [0.1, 0.15) is 24.4 Å². The second-order valence-corrected chi connectivity index (χ2v) is 2.38. The molecule has 0 saturated heterocycles. The van der Waals surface area contributed by atoms with Gasteiger partial charge in [0.25, 0.3) is 0 Å². The minimum Gasteiger partial charge on any atom is -0.449 e. The molecule has 3 heteroatoms. The molecule has 0 aliphatic heterocycles. The maximum atomic E-state index is 8.72. The number of hydrogen-bond donors (Lipinski definition) is 1. The number of rotatable bonds is 2. The number of nitrogens with zero attached hydrogens (tertiary/aromatic N) is 1. The van der Waals surface area contributed by atoms with Crippen LogP contribution in [0.2, 0.25) is 0 Å². The lowest BCUT2D eigenvalue weighted by molar-refractivity contribution is 0.271. The van der Waals surface area contributed by atoms with Gasteiger partial charge in [-0.15, -0.1) is 0 Å². The number of aryl methyl sites for hydroxylation is 1. The zero-order valence-electron chi connectivity index (χ0n) is 6.16. The largest absolute Gasteiger partial charge is 0.449 e. The molecule has 0 aromatic carbocycles. The maximum absolute atomic E-state index is 8.72. The molecule has 1 aromatic rings. The van der Waals surface area contributed by atoms with E-state index in [-0.39, 0.29) is 12.5 Å². The van der Waals surface area contributed by atoms with Crippen LogP contribution in [0.3, 0.4) is 0 Å². The van der Waals surface area contributed by atoms with Gasteiger partial charge in [0.1, 0.15) is 6.26 Å². The Labute approximate surface area is 59.7 Å². The summed E-state index contributed by atoms with van der Waals surface area (Å²) in [5.74, 6) is 0.729. The zero-order chi connectivity index (χ0) is 7.56. The Hall–Kier alpha value is -0.830. The van der Waals surface area contributed by atoms with Gasteiger partial charge in [-0.05, 0) is 0 Å². The highest BCUT2D eigenvalue weighted by molar-refractivity contribution is 5.01. The summed E-state index contributed by atoms with van der Waals surface area (Å²) < 4.78 is 4.97. The Kier molecular flexibility index (Phi) is 2.06. The zero-order valence-corrected chi connectivity index (χ0v) is 6.16. The maximum Gasteiger partial charge on any atom is 0.191 e. The van der Waals surface area contributed by atoms with Gasteiger partial charge in [-0.2, -0.15) is 0 Å². The molecule has 0 aliphatic rings. The summed E-state index contributed by atoms with van der Waals surface area (Å²) in [7, 11) is 0. The Balaban J connectivity index is 2.74. The van der Waals surface area contributed by atoms with Crippen molar-refractivity contribution < 1.29 is 9.52 Å². The normalized spacial score (nSPS) is 13.5. The summed E-state index contributed by atoms with van der Waals surface area (Å²) in [6.07, 6.45) is 1.58. The fourth-order valence-electron chi connectivity index (χ4n) is 0.700. The molecule has 3 nitrogen and oxygen atoms in total. The number of aromatic nitrogens is 1. The standard InChI is InChI=1S/C7H11NO2/c1-5(3-9)7-4-10-6(2)8-7/h4-5,9H,3H2,1-2H3. The second-order valence-electron chi connectivity index (χ2n) is 2.38. The molecular weight excluding hydrogens is 130 g/mol. The lowest BCUT2D eigenvalue weighted by atomic mass is 10.1. The van der Waals surface area contributed by atoms with E-state index in [4.69, 9.17) is 9.52 Å². The third-order valence-corrected chi connectivity index (χ3v) is 1.42. The summed E-state index contributed by atoms with van der Waals surface area (Å²) in [5.41, 5.74) is 0.819. The minimum absolute atomic E-state index is 0.0810. The molecule has 1 atom stereocenters. The predicted molar refractivity (Wildman–Crippen MR) is 36.7 cm³/mol. The third-order valence-electron chi connectivity index (χ3n) is 1.42. The van der Waals surface area contributed by atoms with E-state index in [9.17, 15) is 0 Å². The van der Waals surface area contributed by atoms with Crippen molar-refractivity contribution >= 4 is 0 Å². The topological polar surface area (TPSA) is 46.3 Å². The summed E-state index contributed by atoms with van der Waals surface area (Å²) in [6.45, 7) is 3.80. The highest BCUT2D eigenvalue weighted by atomic mass is 16.3. The fourth-order valence-corrected chi connectivity index (χ4v) is 0.700. The highest BCUT2D eigenvalue weighted by Gasteiger charge is 2.07. The molecule has 1 rings (SSSR count). The van der Waals surface area contributed by atoms with E-state index in [1.807, 2.05) is 6.92 Å². The van der Waals surface area contributed by atoms with Crippen molar-refractivity contribution in [3.63, 3.8) is 0 Å². The van der Waals surface area contributed by atoms with Gasteiger partial charge in [-0.3, -0.25) is 0 Å². The van der Waals surface area contributed by atoms with Crippen LogP contribution in [-0.4, -0.2) is 16.7 Å². The molecule has 56 valence electrons. The van der Waals surface area contributed by atoms with Crippen LogP contribution in [0.4, 0.5) is 0 Å². The van der Waals surface area contributed by atoms with E-state index in [1.54, 1.807) is 13.2 Å². The molecule has 0 radical (unpaired) electrons. The van der Waals surface area contributed by atoms with E-state index in [0.29, 0.717) is 5.89 Å². The molecule has 0 aliphatic carbocycles. The van der Waals surface area contributed by atoms with Gasteiger partial charge in [-0.1, -0.05) is 6.92 Å². The summed E-state index contributed by atoms with van der Waals surface area (Å²) in [5, 5.41) is 8.72. The van der Waals surface area contributed by atoms with Crippen LogP contribution >= 0.6 is 0 Å². The number of aliphatic hydroxyl groups is 1. The smallest absolute Gasteiger partial charge is 0.191 e. The average Bonchev–Trinajstić information content (AvgIpc) is 2.34. The number of oxazole rings is 1. The number of aliphatic hydroxyl groups excluding tert-OH is 1. The van der Waals surface area contributed by atoms with E-state index < -0.39 is 0 Å². The van der Waals surface area contributed by atoms with E-state index in [1.165, 1.54) is 0 Å². The first kappa shape index (κ1) is 7.28. The predicted octanol–water partition coefficient (Wildman–Crippen LogP) is 1.08. The first-order chi connectivity index (χ1) is 4.74. The fraction of sp³-hybridized carbons (Fsp3) is 0.571. The summed E-state index contributed by atoms with van der Waals surface area (Å²) in [4.78, 5) is 4.05. The van der Waals surface area contributed by atoms with Crippen LogP contribution in [0.25, 0.3) is 0 Å². The minimum atomic E-state index is 0.0810. The monoisotopic (exact) mass is 141 g/mol. The SMILES string of the molecule is Cc1nc(C(C)CO)co1. The molecule has 0 fully saturated rings. The van der Waals surface area contributed by atoms with E-state index >= 15 is 0 Å². The molecule has 10 heavy (non-hydrogen) atoms. The van der Waals surface area contributed by atoms with E-state index in [2.05, 4.69) is 4.98 Å². The Morgan fingerprint density at radius 1 is 1.80 bits per heavy atom. The highest BCUT2D eigenvalue weighted by Crippen LogP contribution is 2.12. The molecule has 0 saturated carbocycles. The van der Waals surface area contributed by atoms with Gasteiger partial charge in [0, 0.05) is 12.8 Å². The van der Waals surface area contributed by atoms with Crippen molar-refractivity contribution in [2.24, 2.45) is 0 Å². The van der Waals surface area contributed by atoms with Crippen LogP contribution in [0.15, 0.2) is 10.7 Å². The molecule has 1 heterocycles. The number of hydrogen-bond acceptors (Lipinski definition) is 3. The van der Waals surface area contributed by atoms with Gasteiger partial charge in [0.2, 0.25) is 0 Å². The van der Waals surface area contributed by atoms with Gasteiger partial charge < -0.3 is 9.52 Å². The van der Waals surface area contributed by atoms with Crippen molar-refractivity contribution in [1.29, 1.82) is 0 Å². The van der Waals surface area contributed by atoms with Crippen molar-refractivity contribution in [3.8, 4) is 0 Å². The quantitative estimate of drug-likeness (QED) is 0.670.